The fraction of sp³-hybridized carbons (Fsp3) is 0.0526. The van der Waals surface area contributed by atoms with Crippen LogP contribution in [-0.4, -0.2) is 9.97 Å². The summed E-state index contributed by atoms with van der Waals surface area (Å²) in [6, 6.07) is 43.4. The van der Waals surface area contributed by atoms with Crippen molar-refractivity contribution in [3.63, 3.8) is 0 Å². The van der Waals surface area contributed by atoms with E-state index in [4.69, 9.17) is 0 Å². The minimum atomic E-state index is 0.994. The van der Waals surface area contributed by atoms with Crippen LogP contribution in [0.2, 0.25) is 0 Å². The Kier molecular flexibility index (Phi) is 5.94. The van der Waals surface area contributed by atoms with E-state index in [1.54, 1.807) is 0 Å². The summed E-state index contributed by atoms with van der Waals surface area (Å²) < 4.78 is 0. The molecule has 2 heterocycles. The molecule has 0 atom stereocenters. The molecule has 0 aliphatic rings. The van der Waals surface area contributed by atoms with E-state index in [0.717, 1.165) is 22.5 Å². The average molecular weight is 513 g/mol. The van der Waals surface area contributed by atoms with Gasteiger partial charge in [-0.3, -0.25) is 9.97 Å². The van der Waals surface area contributed by atoms with Crippen molar-refractivity contribution in [3.8, 4) is 44.8 Å². The predicted molar refractivity (Wildman–Crippen MR) is 168 cm³/mol. The molecular formula is C38H28N2. The molecule has 40 heavy (non-hydrogen) atoms. The predicted octanol–water partition coefficient (Wildman–Crippen LogP) is 10.1. The number of fused-ring (bicyclic) bond motifs is 2. The van der Waals surface area contributed by atoms with Crippen LogP contribution in [0, 0.1) is 13.8 Å². The molecule has 0 saturated carbocycles. The van der Waals surface area contributed by atoms with Gasteiger partial charge in [0.2, 0.25) is 0 Å². The molecule has 0 unspecified atom stereocenters. The summed E-state index contributed by atoms with van der Waals surface area (Å²) in [5.74, 6) is 0. The summed E-state index contributed by atoms with van der Waals surface area (Å²) in [5, 5.41) is 4.97. The highest BCUT2D eigenvalue weighted by atomic mass is 14.7. The molecule has 2 aromatic heterocycles. The topological polar surface area (TPSA) is 25.8 Å². The molecule has 0 aliphatic heterocycles. The van der Waals surface area contributed by atoms with Gasteiger partial charge >= 0.3 is 0 Å². The summed E-state index contributed by atoms with van der Waals surface area (Å²) in [7, 11) is 0. The van der Waals surface area contributed by atoms with Crippen molar-refractivity contribution in [2.24, 2.45) is 0 Å². The van der Waals surface area contributed by atoms with Crippen molar-refractivity contribution in [2.75, 3.05) is 0 Å². The zero-order chi connectivity index (χ0) is 27.1. The largest absolute Gasteiger partial charge is 0.256 e. The van der Waals surface area contributed by atoms with Crippen LogP contribution >= 0.6 is 0 Å². The lowest BCUT2D eigenvalue weighted by Gasteiger charge is -2.19. The van der Waals surface area contributed by atoms with E-state index in [1.807, 2.05) is 24.5 Å². The van der Waals surface area contributed by atoms with Crippen LogP contribution in [0.15, 0.2) is 134 Å². The van der Waals surface area contributed by atoms with Crippen LogP contribution in [0.1, 0.15) is 11.1 Å². The first-order valence-corrected chi connectivity index (χ1v) is 13.7. The van der Waals surface area contributed by atoms with E-state index in [0.29, 0.717) is 0 Å². The second kappa shape index (κ2) is 9.91. The van der Waals surface area contributed by atoms with E-state index in [-0.39, 0.29) is 0 Å². The maximum Gasteiger partial charge on any atom is 0.0704 e. The smallest absolute Gasteiger partial charge is 0.0704 e. The van der Waals surface area contributed by atoms with Gasteiger partial charge in [0, 0.05) is 23.5 Å². The number of nitrogens with zero attached hydrogens (tertiary/aromatic N) is 2. The van der Waals surface area contributed by atoms with Crippen molar-refractivity contribution in [3.05, 3.63) is 145 Å². The third-order valence-corrected chi connectivity index (χ3v) is 7.87. The van der Waals surface area contributed by atoms with Crippen molar-refractivity contribution in [1.29, 1.82) is 0 Å². The molecule has 190 valence electrons. The van der Waals surface area contributed by atoms with Crippen LogP contribution in [0.3, 0.4) is 0 Å². The van der Waals surface area contributed by atoms with Crippen LogP contribution in [-0.2, 0) is 0 Å². The average Bonchev–Trinajstić information content (AvgIpc) is 3.01. The molecule has 0 bridgehead atoms. The first-order valence-electron chi connectivity index (χ1n) is 13.7. The fourth-order valence-corrected chi connectivity index (χ4v) is 5.90. The van der Waals surface area contributed by atoms with Gasteiger partial charge in [0.25, 0.3) is 0 Å². The van der Waals surface area contributed by atoms with Gasteiger partial charge in [-0.15, -0.1) is 0 Å². The number of benzene rings is 5. The van der Waals surface area contributed by atoms with E-state index in [1.165, 1.54) is 54.9 Å². The molecule has 0 spiro atoms. The highest BCUT2D eigenvalue weighted by Crippen LogP contribution is 2.45. The number of hydrogen-bond donors (Lipinski definition) is 0. The normalized spacial score (nSPS) is 11.2. The lowest BCUT2D eigenvalue weighted by molar-refractivity contribution is 1.31. The quantitative estimate of drug-likeness (QED) is 0.219. The molecule has 0 amide bonds. The fourth-order valence-electron chi connectivity index (χ4n) is 5.90. The lowest BCUT2D eigenvalue weighted by Crippen LogP contribution is -1.93. The van der Waals surface area contributed by atoms with Gasteiger partial charge < -0.3 is 0 Å². The van der Waals surface area contributed by atoms with Gasteiger partial charge in [0.1, 0.15) is 0 Å². The Morgan fingerprint density at radius 1 is 0.400 bits per heavy atom. The maximum atomic E-state index is 4.66. The van der Waals surface area contributed by atoms with Crippen LogP contribution in [0.5, 0.6) is 0 Å². The van der Waals surface area contributed by atoms with Crippen molar-refractivity contribution < 1.29 is 0 Å². The van der Waals surface area contributed by atoms with Gasteiger partial charge in [0.05, 0.1) is 11.4 Å². The molecule has 2 heteroatoms. The number of aryl methyl sites for hydroxylation is 2. The zero-order valence-electron chi connectivity index (χ0n) is 22.6. The second-order valence-corrected chi connectivity index (χ2v) is 10.3. The minimum Gasteiger partial charge on any atom is -0.256 e. The van der Waals surface area contributed by atoms with Crippen LogP contribution < -0.4 is 0 Å². The zero-order valence-corrected chi connectivity index (χ0v) is 22.6. The Balaban J connectivity index is 1.53. The Labute approximate surface area is 234 Å². The first kappa shape index (κ1) is 24.0. The molecule has 7 rings (SSSR count). The molecule has 0 aliphatic carbocycles. The number of pyridine rings is 2. The van der Waals surface area contributed by atoms with Gasteiger partial charge in [-0.05, 0) is 105 Å². The molecule has 0 saturated heterocycles. The summed E-state index contributed by atoms with van der Waals surface area (Å²) >= 11 is 0. The monoisotopic (exact) mass is 512 g/mol. The van der Waals surface area contributed by atoms with Crippen LogP contribution in [0.4, 0.5) is 0 Å². The molecule has 5 aromatic carbocycles. The number of aromatic nitrogens is 2. The third-order valence-electron chi connectivity index (χ3n) is 7.87. The van der Waals surface area contributed by atoms with Gasteiger partial charge in [-0.1, -0.05) is 84.9 Å². The van der Waals surface area contributed by atoms with E-state index in [9.17, 15) is 0 Å². The van der Waals surface area contributed by atoms with Crippen molar-refractivity contribution in [2.45, 2.75) is 13.8 Å². The summed E-state index contributed by atoms with van der Waals surface area (Å²) in [6.07, 6.45) is 3.73. The summed E-state index contributed by atoms with van der Waals surface area (Å²) in [6.45, 7) is 4.31. The van der Waals surface area contributed by atoms with Gasteiger partial charge in [-0.2, -0.15) is 0 Å². The van der Waals surface area contributed by atoms with E-state index >= 15 is 0 Å². The summed E-state index contributed by atoms with van der Waals surface area (Å²) in [4.78, 5) is 9.32. The molecular weight excluding hydrogens is 484 g/mol. The Morgan fingerprint density at radius 3 is 1.12 bits per heavy atom. The molecule has 7 aromatic rings. The highest BCUT2D eigenvalue weighted by Gasteiger charge is 2.18. The Bertz CT molecular complexity index is 1800. The minimum absolute atomic E-state index is 0.994. The lowest BCUT2D eigenvalue weighted by atomic mass is 9.84. The molecule has 0 N–H and O–H groups in total. The number of hydrogen-bond acceptors (Lipinski definition) is 2. The molecule has 2 nitrogen and oxygen atoms in total. The van der Waals surface area contributed by atoms with Gasteiger partial charge in [-0.25, -0.2) is 0 Å². The van der Waals surface area contributed by atoms with E-state index in [2.05, 4.69) is 133 Å². The SMILES string of the molecule is Cc1ccc(-c2c3ccccc3c(-c3ccc(C)c(-c4ccccn4)c3)c3ccccc23)cc1-c1ccccn1. The Hall–Kier alpha value is -5.08. The highest BCUT2D eigenvalue weighted by molar-refractivity contribution is 6.21. The standard InChI is InChI=1S/C38H28N2/c1-25-17-19-27(23-33(25)35-15-7-9-21-39-35)37-29-11-3-5-13-31(29)38(32-14-6-4-12-30(32)37)28-20-18-26(2)34(24-28)36-16-8-10-22-40-36/h3-24H,1-2H3. The first-order chi connectivity index (χ1) is 19.7. The summed E-state index contributed by atoms with van der Waals surface area (Å²) in [5.41, 5.74) is 11.6. The number of rotatable bonds is 4. The third kappa shape index (κ3) is 4.06. The van der Waals surface area contributed by atoms with Gasteiger partial charge in [0.15, 0.2) is 0 Å². The van der Waals surface area contributed by atoms with Crippen molar-refractivity contribution in [1.82, 2.24) is 9.97 Å². The van der Waals surface area contributed by atoms with E-state index < -0.39 is 0 Å². The maximum absolute atomic E-state index is 4.66. The molecule has 0 fully saturated rings. The molecule has 0 radical (unpaired) electrons. The second-order valence-electron chi connectivity index (χ2n) is 10.3. The van der Waals surface area contributed by atoms with Crippen LogP contribution in [0.25, 0.3) is 66.3 Å². The Morgan fingerprint density at radius 2 is 0.775 bits per heavy atom. The van der Waals surface area contributed by atoms with Crippen molar-refractivity contribution >= 4 is 21.5 Å².